The summed E-state index contributed by atoms with van der Waals surface area (Å²) in [5, 5.41) is 5.54. The van der Waals surface area contributed by atoms with Crippen LogP contribution in [0, 0.1) is 26.6 Å². The van der Waals surface area contributed by atoms with Crippen LogP contribution in [-0.4, -0.2) is 10.7 Å². The van der Waals surface area contributed by atoms with Gasteiger partial charge in [-0.1, -0.05) is 23.8 Å². The summed E-state index contributed by atoms with van der Waals surface area (Å²) in [7, 11) is 0. The Balaban J connectivity index is 1.93. The molecule has 2 aromatic carbocycles. The summed E-state index contributed by atoms with van der Waals surface area (Å²) in [5.41, 5.74) is 9.18. The minimum atomic E-state index is -0.253. The molecule has 3 nitrogen and oxygen atoms in total. The van der Waals surface area contributed by atoms with Gasteiger partial charge in [0.2, 0.25) is 0 Å². The molecule has 0 aliphatic heterocycles. The molecule has 0 fully saturated rings. The van der Waals surface area contributed by atoms with Crippen molar-refractivity contribution in [1.82, 2.24) is 4.98 Å². The summed E-state index contributed by atoms with van der Waals surface area (Å²) in [5.74, 6) is 0.450. The summed E-state index contributed by atoms with van der Waals surface area (Å²) in [4.78, 5) is 4.68. The fraction of sp³-hybridized carbons (Fsp3) is 0.200. The van der Waals surface area contributed by atoms with Gasteiger partial charge in [-0.25, -0.2) is 9.37 Å². The Hall–Kier alpha value is -2.75. The topological polar surface area (TPSA) is 37.3 Å². The monoisotopic (exact) mass is 321 g/mol. The highest BCUT2D eigenvalue weighted by Gasteiger charge is 2.06. The predicted octanol–water partition coefficient (Wildman–Crippen LogP) is 5.14. The highest BCUT2D eigenvalue weighted by molar-refractivity contribution is 5.99. The summed E-state index contributed by atoms with van der Waals surface area (Å²) in [6.45, 7) is 8.11. The second-order valence-corrected chi connectivity index (χ2v) is 6.12. The van der Waals surface area contributed by atoms with Gasteiger partial charge >= 0.3 is 0 Å². The van der Waals surface area contributed by atoms with Crippen molar-refractivity contribution < 1.29 is 4.39 Å². The van der Waals surface area contributed by atoms with Gasteiger partial charge in [0.05, 0.1) is 11.2 Å². The Morgan fingerprint density at radius 3 is 2.42 bits per heavy atom. The maximum atomic E-state index is 13.0. The number of benzene rings is 2. The van der Waals surface area contributed by atoms with Crippen LogP contribution in [0.1, 0.15) is 29.2 Å². The van der Waals surface area contributed by atoms with Crippen molar-refractivity contribution in [3.05, 3.63) is 70.5 Å². The van der Waals surface area contributed by atoms with Crippen molar-refractivity contribution in [1.29, 1.82) is 0 Å². The Morgan fingerprint density at radius 2 is 1.71 bits per heavy atom. The maximum Gasteiger partial charge on any atom is 0.147 e. The molecule has 0 unspecified atom stereocenters. The zero-order valence-corrected chi connectivity index (χ0v) is 14.3. The minimum Gasteiger partial charge on any atom is -0.261 e. The highest BCUT2D eigenvalue weighted by Crippen LogP contribution is 2.24. The van der Waals surface area contributed by atoms with E-state index in [1.54, 1.807) is 12.1 Å². The van der Waals surface area contributed by atoms with Gasteiger partial charge < -0.3 is 0 Å². The summed E-state index contributed by atoms with van der Waals surface area (Å²) in [6.07, 6.45) is 0. The number of hydrogen-bond donors (Lipinski definition) is 1. The van der Waals surface area contributed by atoms with Gasteiger partial charge in [0, 0.05) is 5.39 Å². The lowest BCUT2D eigenvalue weighted by Crippen LogP contribution is -2.02. The molecule has 0 aliphatic rings. The number of pyridine rings is 1. The van der Waals surface area contributed by atoms with E-state index >= 15 is 0 Å². The third-order valence-corrected chi connectivity index (χ3v) is 4.06. The first kappa shape index (κ1) is 16.1. The number of hydrogen-bond acceptors (Lipinski definition) is 3. The first-order valence-electron chi connectivity index (χ1n) is 7.89. The predicted molar refractivity (Wildman–Crippen MR) is 98.2 cm³/mol. The molecule has 0 spiro atoms. The second-order valence-electron chi connectivity index (χ2n) is 6.12. The molecular formula is C20H20FN3. The van der Waals surface area contributed by atoms with Crippen LogP contribution in [0.5, 0.6) is 0 Å². The summed E-state index contributed by atoms with van der Waals surface area (Å²) >= 11 is 0. The summed E-state index contributed by atoms with van der Waals surface area (Å²) < 4.78 is 13.0. The maximum absolute atomic E-state index is 13.0. The third-order valence-electron chi connectivity index (χ3n) is 4.06. The van der Waals surface area contributed by atoms with Crippen molar-refractivity contribution in [3.63, 3.8) is 0 Å². The van der Waals surface area contributed by atoms with E-state index in [1.807, 2.05) is 13.0 Å². The third kappa shape index (κ3) is 3.27. The van der Waals surface area contributed by atoms with Crippen LogP contribution < -0.4 is 5.43 Å². The number of fused-ring (bicyclic) bond motifs is 1. The molecule has 0 radical (unpaired) electrons. The Morgan fingerprint density at radius 1 is 1.00 bits per heavy atom. The van der Waals surface area contributed by atoms with Gasteiger partial charge in [-0.2, -0.15) is 5.10 Å². The quantitative estimate of drug-likeness (QED) is 0.536. The molecular weight excluding hydrogens is 301 g/mol. The molecule has 0 saturated carbocycles. The molecule has 0 bridgehead atoms. The van der Waals surface area contributed by atoms with Crippen LogP contribution in [0.15, 0.2) is 47.6 Å². The van der Waals surface area contributed by atoms with E-state index in [9.17, 15) is 4.39 Å². The van der Waals surface area contributed by atoms with Crippen molar-refractivity contribution >= 4 is 22.4 Å². The van der Waals surface area contributed by atoms with Crippen LogP contribution in [0.2, 0.25) is 0 Å². The molecule has 3 aromatic rings. The van der Waals surface area contributed by atoms with Crippen LogP contribution >= 0.6 is 0 Å². The molecule has 3 rings (SSSR count). The molecule has 0 saturated heterocycles. The van der Waals surface area contributed by atoms with Gasteiger partial charge in [-0.15, -0.1) is 0 Å². The van der Waals surface area contributed by atoms with E-state index in [2.05, 4.69) is 48.4 Å². The molecule has 4 heteroatoms. The largest absolute Gasteiger partial charge is 0.261 e. The van der Waals surface area contributed by atoms with Crippen LogP contribution in [-0.2, 0) is 0 Å². The molecule has 0 aliphatic carbocycles. The smallest absolute Gasteiger partial charge is 0.147 e. The molecule has 122 valence electrons. The molecule has 1 heterocycles. The number of nitrogens with zero attached hydrogens (tertiary/aromatic N) is 2. The fourth-order valence-electron chi connectivity index (χ4n) is 2.80. The van der Waals surface area contributed by atoms with E-state index in [1.165, 1.54) is 17.7 Å². The average Bonchev–Trinajstić information content (AvgIpc) is 2.54. The van der Waals surface area contributed by atoms with Crippen LogP contribution in [0.4, 0.5) is 10.2 Å². The van der Waals surface area contributed by atoms with Crippen molar-refractivity contribution in [2.24, 2.45) is 5.10 Å². The number of rotatable bonds is 3. The van der Waals surface area contributed by atoms with E-state index in [4.69, 9.17) is 0 Å². The first-order valence-corrected chi connectivity index (χ1v) is 7.89. The number of aryl methyl sites for hydroxylation is 3. The van der Waals surface area contributed by atoms with E-state index in [0.29, 0.717) is 5.82 Å². The van der Waals surface area contributed by atoms with Gasteiger partial charge in [-0.3, -0.25) is 5.43 Å². The molecule has 24 heavy (non-hydrogen) atoms. The number of anilines is 1. The zero-order valence-electron chi connectivity index (χ0n) is 14.3. The lowest BCUT2D eigenvalue weighted by Gasteiger charge is -2.10. The van der Waals surface area contributed by atoms with E-state index in [0.717, 1.165) is 33.3 Å². The molecule has 0 amide bonds. The normalized spacial score (nSPS) is 11.8. The Bertz CT molecular complexity index is 928. The lowest BCUT2D eigenvalue weighted by atomic mass is 10.0. The highest BCUT2D eigenvalue weighted by atomic mass is 19.1. The van der Waals surface area contributed by atoms with Crippen LogP contribution in [0.25, 0.3) is 10.9 Å². The van der Waals surface area contributed by atoms with Crippen LogP contribution in [0.3, 0.4) is 0 Å². The van der Waals surface area contributed by atoms with Crippen molar-refractivity contribution in [2.45, 2.75) is 27.7 Å². The number of aromatic nitrogens is 1. The standard InChI is InChI=1S/C20H20FN3/c1-12-9-14(3)20-18(10-12)13(2)11-19(22-20)24-23-15(4)16-5-7-17(21)8-6-16/h5-11H,1-4H3,(H,22,24). The molecule has 1 N–H and O–H groups in total. The SMILES string of the molecule is CC(=NNc1cc(C)c2cc(C)cc(C)c2n1)c1ccc(F)cc1. The van der Waals surface area contributed by atoms with Crippen molar-refractivity contribution in [2.75, 3.05) is 5.43 Å². The molecule has 1 aromatic heterocycles. The van der Waals surface area contributed by atoms with E-state index < -0.39 is 0 Å². The van der Waals surface area contributed by atoms with Gasteiger partial charge in [0.25, 0.3) is 0 Å². The van der Waals surface area contributed by atoms with Gasteiger partial charge in [0.1, 0.15) is 11.6 Å². The number of hydrazone groups is 1. The second kappa shape index (κ2) is 6.40. The van der Waals surface area contributed by atoms with Gasteiger partial charge in [-0.05, 0) is 68.7 Å². The number of halogens is 1. The summed E-state index contributed by atoms with van der Waals surface area (Å²) in [6, 6.07) is 12.6. The minimum absolute atomic E-state index is 0.253. The zero-order chi connectivity index (χ0) is 17.3. The number of nitrogens with one attached hydrogen (secondary N) is 1. The molecule has 0 atom stereocenters. The Labute approximate surface area is 141 Å². The fourth-order valence-corrected chi connectivity index (χ4v) is 2.80. The first-order chi connectivity index (χ1) is 11.4. The average molecular weight is 321 g/mol. The Kier molecular flexibility index (Phi) is 4.30. The van der Waals surface area contributed by atoms with Gasteiger partial charge in [0.15, 0.2) is 0 Å². The van der Waals surface area contributed by atoms with E-state index in [-0.39, 0.29) is 5.82 Å². The lowest BCUT2D eigenvalue weighted by molar-refractivity contribution is 0.628. The van der Waals surface area contributed by atoms with Crippen molar-refractivity contribution in [3.8, 4) is 0 Å².